The molecule has 0 bridgehead atoms. The molecule has 0 saturated heterocycles. The maximum atomic E-state index is 6.59. The van der Waals surface area contributed by atoms with Gasteiger partial charge in [0.05, 0.1) is 7.11 Å². The Bertz CT molecular complexity index is 496. The van der Waals surface area contributed by atoms with E-state index < -0.39 is 0 Å². The van der Waals surface area contributed by atoms with E-state index in [4.69, 9.17) is 10.5 Å². The minimum absolute atomic E-state index is 0.128. The van der Waals surface area contributed by atoms with Crippen molar-refractivity contribution in [2.24, 2.45) is 11.7 Å². The molecule has 3 nitrogen and oxygen atoms in total. The largest absolute Gasteiger partial charge is 0.497 e. The molecule has 0 radical (unpaired) electrons. The lowest BCUT2D eigenvalue weighted by atomic mass is 10.0. The van der Waals surface area contributed by atoms with E-state index in [1.807, 2.05) is 0 Å². The number of methoxy groups -OCH3 is 1. The van der Waals surface area contributed by atoms with Crippen LogP contribution >= 0.6 is 0 Å². The number of rotatable bonds is 6. The van der Waals surface area contributed by atoms with Crippen LogP contribution in [0, 0.1) is 5.92 Å². The van der Waals surface area contributed by atoms with Gasteiger partial charge in [-0.1, -0.05) is 19.9 Å². The monoisotopic (exact) mass is 288 g/mol. The highest BCUT2D eigenvalue weighted by molar-refractivity contribution is 5.42. The first-order valence-electron chi connectivity index (χ1n) is 8.28. The molecule has 1 fully saturated rings. The summed E-state index contributed by atoms with van der Waals surface area (Å²) in [5, 5.41) is 0. The average molecular weight is 288 g/mol. The summed E-state index contributed by atoms with van der Waals surface area (Å²) in [6.07, 6.45) is 5.05. The summed E-state index contributed by atoms with van der Waals surface area (Å²) in [5.74, 6) is 1.68. The summed E-state index contributed by atoms with van der Waals surface area (Å²) in [7, 11) is 1.72. The number of nitrogens with zero attached hydrogens (tertiary/aromatic N) is 1. The molecule has 0 aliphatic heterocycles. The number of ether oxygens (including phenoxy) is 1. The van der Waals surface area contributed by atoms with Crippen molar-refractivity contribution in [3.8, 4) is 5.75 Å². The van der Waals surface area contributed by atoms with Gasteiger partial charge in [-0.25, -0.2) is 0 Å². The molecule has 0 aromatic heterocycles. The molecule has 116 valence electrons. The lowest BCUT2D eigenvalue weighted by Gasteiger charge is -2.32. The van der Waals surface area contributed by atoms with Crippen LogP contribution in [0.4, 0.5) is 0 Å². The Balaban J connectivity index is 1.76. The fraction of sp³-hybridized carbons (Fsp3) is 0.667. The van der Waals surface area contributed by atoms with E-state index in [1.165, 1.54) is 36.9 Å². The zero-order valence-electron chi connectivity index (χ0n) is 13.5. The van der Waals surface area contributed by atoms with Crippen molar-refractivity contribution in [2.75, 3.05) is 13.7 Å². The number of hydrogen-bond donors (Lipinski definition) is 1. The van der Waals surface area contributed by atoms with Crippen LogP contribution in [0.25, 0.3) is 0 Å². The van der Waals surface area contributed by atoms with Gasteiger partial charge in [0.25, 0.3) is 0 Å². The third-order valence-corrected chi connectivity index (χ3v) is 4.96. The molecule has 0 heterocycles. The van der Waals surface area contributed by atoms with Crippen LogP contribution in [-0.2, 0) is 6.42 Å². The highest BCUT2D eigenvalue weighted by atomic mass is 16.5. The molecule has 3 rings (SSSR count). The predicted molar refractivity (Wildman–Crippen MR) is 86.6 cm³/mol. The van der Waals surface area contributed by atoms with Crippen molar-refractivity contribution in [3.05, 3.63) is 29.3 Å². The highest BCUT2D eigenvalue weighted by Gasteiger charge is 2.40. The maximum Gasteiger partial charge on any atom is 0.119 e. The number of hydrogen-bond acceptors (Lipinski definition) is 3. The van der Waals surface area contributed by atoms with E-state index in [0.717, 1.165) is 24.1 Å². The summed E-state index contributed by atoms with van der Waals surface area (Å²) in [6.45, 7) is 5.80. The first-order chi connectivity index (χ1) is 10.1. The van der Waals surface area contributed by atoms with E-state index >= 15 is 0 Å². The van der Waals surface area contributed by atoms with Gasteiger partial charge in [-0.15, -0.1) is 0 Å². The quantitative estimate of drug-likeness (QED) is 0.874. The topological polar surface area (TPSA) is 38.5 Å². The molecule has 3 heteroatoms. The van der Waals surface area contributed by atoms with E-state index in [2.05, 4.69) is 36.9 Å². The van der Waals surface area contributed by atoms with Gasteiger partial charge in [0.15, 0.2) is 0 Å². The second-order valence-corrected chi connectivity index (χ2v) is 7.01. The van der Waals surface area contributed by atoms with Crippen molar-refractivity contribution in [3.63, 3.8) is 0 Å². The van der Waals surface area contributed by atoms with Gasteiger partial charge in [-0.2, -0.15) is 0 Å². The minimum Gasteiger partial charge on any atom is -0.497 e. The van der Waals surface area contributed by atoms with Crippen LogP contribution in [0.1, 0.15) is 50.3 Å². The van der Waals surface area contributed by atoms with Gasteiger partial charge in [0.1, 0.15) is 5.75 Å². The summed E-state index contributed by atoms with van der Waals surface area (Å²) in [5.41, 5.74) is 9.28. The summed E-state index contributed by atoms with van der Waals surface area (Å²) in [4.78, 5) is 2.69. The second kappa shape index (κ2) is 5.98. The molecule has 0 spiro atoms. The first-order valence-corrected chi connectivity index (χ1v) is 8.28. The summed E-state index contributed by atoms with van der Waals surface area (Å²) >= 11 is 0. The molecule has 1 aromatic rings. The third kappa shape index (κ3) is 3.09. The second-order valence-electron chi connectivity index (χ2n) is 7.01. The number of fused-ring (bicyclic) bond motifs is 1. The molecular weight excluding hydrogens is 260 g/mol. The highest BCUT2D eigenvalue weighted by Crippen LogP contribution is 2.39. The molecule has 2 N–H and O–H groups in total. The number of nitrogens with two attached hydrogens (primary N) is 1. The van der Waals surface area contributed by atoms with Crippen molar-refractivity contribution >= 4 is 0 Å². The molecule has 2 unspecified atom stereocenters. The zero-order valence-corrected chi connectivity index (χ0v) is 13.5. The Morgan fingerprint density at radius 2 is 2.10 bits per heavy atom. The smallest absolute Gasteiger partial charge is 0.119 e. The maximum absolute atomic E-state index is 6.59. The normalized spacial score (nSPS) is 24.7. The van der Waals surface area contributed by atoms with Crippen LogP contribution in [0.5, 0.6) is 5.75 Å². The van der Waals surface area contributed by atoms with Gasteiger partial charge in [-0.05, 0) is 61.4 Å². The third-order valence-electron chi connectivity index (χ3n) is 4.96. The molecule has 2 aliphatic rings. The van der Waals surface area contributed by atoms with Crippen LogP contribution in [-0.4, -0.2) is 30.6 Å². The van der Waals surface area contributed by atoms with Gasteiger partial charge < -0.3 is 10.5 Å². The molecule has 2 aliphatic carbocycles. The summed E-state index contributed by atoms with van der Waals surface area (Å²) in [6, 6.07) is 7.76. The average Bonchev–Trinajstić information content (AvgIpc) is 3.25. The first kappa shape index (κ1) is 14.9. The zero-order chi connectivity index (χ0) is 15.0. The predicted octanol–water partition coefficient (Wildman–Crippen LogP) is 3.13. The van der Waals surface area contributed by atoms with Crippen molar-refractivity contribution in [1.82, 2.24) is 4.90 Å². The molecule has 1 aromatic carbocycles. The van der Waals surface area contributed by atoms with E-state index in [0.29, 0.717) is 6.04 Å². The molecular formula is C18H28N2O. The standard InChI is InChI=1S/C18H28N2O/c1-12(2)8-9-20(14-5-6-14)17-10-13-4-7-15(21-3)11-16(13)18(17)19/h4,7,11-12,14,17-18H,5-6,8-10,19H2,1-3H3. The SMILES string of the molecule is COc1ccc2c(c1)C(N)C(N(CCC(C)C)C1CC1)C2. The Labute approximate surface area is 128 Å². The van der Waals surface area contributed by atoms with Crippen molar-refractivity contribution in [2.45, 2.75) is 57.7 Å². The van der Waals surface area contributed by atoms with Crippen LogP contribution < -0.4 is 10.5 Å². The molecule has 0 amide bonds. The van der Waals surface area contributed by atoms with Gasteiger partial charge in [-0.3, -0.25) is 4.90 Å². The van der Waals surface area contributed by atoms with E-state index in [9.17, 15) is 0 Å². The van der Waals surface area contributed by atoms with Crippen molar-refractivity contribution < 1.29 is 4.74 Å². The fourth-order valence-corrected chi connectivity index (χ4v) is 3.51. The Kier molecular flexibility index (Phi) is 4.23. The van der Waals surface area contributed by atoms with Gasteiger partial charge >= 0.3 is 0 Å². The van der Waals surface area contributed by atoms with Crippen LogP contribution in [0.15, 0.2) is 18.2 Å². The number of benzene rings is 1. The fourth-order valence-electron chi connectivity index (χ4n) is 3.51. The summed E-state index contributed by atoms with van der Waals surface area (Å²) < 4.78 is 5.35. The van der Waals surface area contributed by atoms with E-state index in [-0.39, 0.29) is 6.04 Å². The van der Waals surface area contributed by atoms with E-state index in [1.54, 1.807) is 7.11 Å². The van der Waals surface area contributed by atoms with Crippen LogP contribution in [0.3, 0.4) is 0 Å². The van der Waals surface area contributed by atoms with Crippen molar-refractivity contribution in [1.29, 1.82) is 0 Å². The molecule has 1 saturated carbocycles. The lowest BCUT2D eigenvalue weighted by molar-refractivity contribution is 0.161. The molecule has 21 heavy (non-hydrogen) atoms. The van der Waals surface area contributed by atoms with Crippen LogP contribution in [0.2, 0.25) is 0 Å². The minimum atomic E-state index is 0.128. The Morgan fingerprint density at radius 3 is 2.71 bits per heavy atom. The van der Waals surface area contributed by atoms with Gasteiger partial charge in [0.2, 0.25) is 0 Å². The van der Waals surface area contributed by atoms with Gasteiger partial charge in [0, 0.05) is 18.1 Å². The Hall–Kier alpha value is -1.06. The molecule has 2 atom stereocenters. The lowest BCUT2D eigenvalue weighted by Crippen LogP contribution is -2.43. The Morgan fingerprint density at radius 1 is 1.33 bits per heavy atom.